The summed E-state index contributed by atoms with van der Waals surface area (Å²) in [4.78, 5) is 14.8. The molecule has 7 heteroatoms. The lowest BCUT2D eigenvalue weighted by Gasteiger charge is -2.41. The van der Waals surface area contributed by atoms with E-state index in [4.69, 9.17) is 9.47 Å². The van der Waals surface area contributed by atoms with E-state index < -0.39 is 5.92 Å². The molecule has 5 nitrogen and oxygen atoms in total. The molecule has 0 unspecified atom stereocenters. The zero-order valence-electron chi connectivity index (χ0n) is 18.7. The molecule has 0 aromatic heterocycles. The van der Waals surface area contributed by atoms with Crippen LogP contribution < -0.4 is 5.32 Å². The van der Waals surface area contributed by atoms with Gasteiger partial charge in [0, 0.05) is 44.6 Å². The molecule has 174 valence electrons. The van der Waals surface area contributed by atoms with Crippen LogP contribution in [0.15, 0.2) is 0 Å². The molecule has 1 N–H and O–H groups in total. The number of piperidine rings is 1. The van der Waals surface area contributed by atoms with E-state index in [9.17, 15) is 13.6 Å². The summed E-state index contributed by atoms with van der Waals surface area (Å²) < 4.78 is 37.7. The Morgan fingerprint density at radius 3 is 2.27 bits per heavy atom. The maximum absolute atomic E-state index is 13.2. The third-order valence-electron chi connectivity index (χ3n) is 7.01. The number of rotatable bonds is 8. The van der Waals surface area contributed by atoms with Gasteiger partial charge in [0.2, 0.25) is 11.8 Å². The molecule has 3 aliphatic rings. The van der Waals surface area contributed by atoms with Crippen LogP contribution >= 0.6 is 0 Å². The van der Waals surface area contributed by atoms with E-state index in [1.54, 1.807) is 0 Å². The Kier molecular flexibility index (Phi) is 8.90. The number of nitrogens with zero attached hydrogens (tertiary/aromatic N) is 1. The van der Waals surface area contributed by atoms with Crippen LogP contribution in [0, 0.1) is 5.92 Å². The first-order valence-corrected chi connectivity index (χ1v) is 11.9. The highest BCUT2D eigenvalue weighted by Crippen LogP contribution is 2.34. The number of carbonyl (C=O) groups is 1. The smallest absolute Gasteiger partial charge is 0.248 e. The molecule has 0 spiro atoms. The van der Waals surface area contributed by atoms with Gasteiger partial charge < -0.3 is 19.7 Å². The van der Waals surface area contributed by atoms with Crippen molar-refractivity contribution >= 4 is 5.91 Å². The van der Waals surface area contributed by atoms with Gasteiger partial charge in [0.25, 0.3) is 0 Å². The summed E-state index contributed by atoms with van der Waals surface area (Å²) >= 11 is 0. The summed E-state index contributed by atoms with van der Waals surface area (Å²) in [5.74, 6) is -1.97. The Morgan fingerprint density at radius 2 is 1.67 bits per heavy atom. The standard InChI is InChI=1S/C23H40F2N2O3/c1-17(2)29-15-18-3-5-20(6-4-18)27-13-9-19(10-14-27)26-22(28)16-30-21-7-11-23(24,25)12-8-21/h17-21H,3-16H2,1-2H3,(H,26,28). The maximum atomic E-state index is 13.2. The Bertz CT molecular complexity index is 521. The summed E-state index contributed by atoms with van der Waals surface area (Å²) in [7, 11) is 0. The SMILES string of the molecule is CC(C)OCC1CCC(N2CCC(NC(=O)COC3CCC(F)(F)CC3)CC2)CC1. The molecule has 3 rings (SSSR count). The number of hydrogen-bond donors (Lipinski definition) is 1. The minimum atomic E-state index is -2.56. The van der Waals surface area contributed by atoms with Crippen molar-refractivity contribution in [3.05, 3.63) is 0 Å². The normalized spacial score (nSPS) is 29.2. The van der Waals surface area contributed by atoms with Crippen molar-refractivity contribution in [2.75, 3.05) is 26.3 Å². The summed E-state index contributed by atoms with van der Waals surface area (Å²) in [5, 5.41) is 3.08. The topological polar surface area (TPSA) is 50.8 Å². The van der Waals surface area contributed by atoms with Gasteiger partial charge in [-0.25, -0.2) is 8.78 Å². The average Bonchev–Trinajstić information content (AvgIpc) is 2.72. The summed E-state index contributed by atoms with van der Waals surface area (Å²) in [6, 6.07) is 0.869. The minimum Gasteiger partial charge on any atom is -0.379 e. The van der Waals surface area contributed by atoms with Crippen LogP contribution in [0.2, 0.25) is 0 Å². The lowest BCUT2D eigenvalue weighted by Crippen LogP contribution is -2.49. The highest BCUT2D eigenvalue weighted by atomic mass is 19.3. The van der Waals surface area contributed by atoms with E-state index in [-0.39, 0.29) is 37.5 Å². The third-order valence-corrected chi connectivity index (χ3v) is 7.01. The summed E-state index contributed by atoms with van der Waals surface area (Å²) in [6.07, 6.45) is 7.44. The van der Waals surface area contributed by atoms with E-state index in [0.29, 0.717) is 30.9 Å². The molecule has 0 aromatic carbocycles. The van der Waals surface area contributed by atoms with Crippen molar-refractivity contribution in [2.24, 2.45) is 5.92 Å². The molecule has 1 amide bonds. The molecule has 0 atom stereocenters. The minimum absolute atomic E-state index is 0.0150. The molecule has 0 bridgehead atoms. The van der Waals surface area contributed by atoms with Gasteiger partial charge in [0.05, 0.1) is 12.2 Å². The fraction of sp³-hybridized carbons (Fsp3) is 0.957. The maximum Gasteiger partial charge on any atom is 0.248 e. The Labute approximate surface area is 180 Å². The van der Waals surface area contributed by atoms with Crippen molar-refractivity contribution < 1.29 is 23.0 Å². The predicted molar refractivity (Wildman–Crippen MR) is 113 cm³/mol. The number of carbonyl (C=O) groups excluding carboxylic acids is 1. The molecule has 1 aliphatic heterocycles. The number of ether oxygens (including phenoxy) is 2. The second-order valence-electron chi connectivity index (χ2n) is 9.80. The van der Waals surface area contributed by atoms with Gasteiger partial charge in [-0.05, 0) is 71.1 Å². The van der Waals surface area contributed by atoms with Gasteiger partial charge in [0.15, 0.2) is 0 Å². The second kappa shape index (κ2) is 11.2. The quantitative estimate of drug-likeness (QED) is 0.629. The number of amides is 1. The van der Waals surface area contributed by atoms with Gasteiger partial charge in [-0.3, -0.25) is 4.79 Å². The zero-order chi connectivity index (χ0) is 21.6. The largest absolute Gasteiger partial charge is 0.379 e. The summed E-state index contributed by atoms with van der Waals surface area (Å²) in [6.45, 7) is 7.13. The van der Waals surface area contributed by atoms with Crippen molar-refractivity contribution in [1.82, 2.24) is 10.2 Å². The number of likely N-dealkylation sites (tertiary alicyclic amines) is 1. The fourth-order valence-electron chi connectivity index (χ4n) is 5.06. The van der Waals surface area contributed by atoms with Crippen LogP contribution in [-0.4, -0.2) is 67.3 Å². The van der Waals surface area contributed by atoms with Gasteiger partial charge in [0.1, 0.15) is 6.61 Å². The lowest BCUT2D eigenvalue weighted by atomic mass is 9.85. The first-order chi connectivity index (χ1) is 14.3. The van der Waals surface area contributed by atoms with Crippen LogP contribution in [0.5, 0.6) is 0 Å². The molecule has 3 fully saturated rings. The molecular weight excluding hydrogens is 390 g/mol. The number of alkyl halides is 2. The number of nitrogens with one attached hydrogen (secondary N) is 1. The van der Waals surface area contributed by atoms with E-state index in [2.05, 4.69) is 24.1 Å². The molecule has 0 aromatic rings. The van der Waals surface area contributed by atoms with Gasteiger partial charge in [-0.1, -0.05) is 0 Å². The molecule has 1 heterocycles. The zero-order valence-corrected chi connectivity index (χ0v) is 18.7. The van der Waals surface area contributed by atoms with Crippen LogP contribution in [-0.2, 0) is 14.3 Å². The fourth-order valence-corrected chi connectivity index (χ4v) is 5.06. The molecular formula is C23H40F2N2O3. The van der Waals surface area contributed by atoms with Crippen molar-refractivity contribution in [2.45, 2.75) is 108 Å². The van der Waals surface area contributed by atoms with Crippen LogP contribution in [0.1, 0.15) is 78.1 Å². The van der Waals surface area contributed by atoms with E-state index in [1.807, 2.05) is 0 Å². The Hall–Kier alpha value is -0.790. The van der Waals surface area contributed by atoms with Crippen LogP contribution in [0.4, 0.5) is 8.78 Å². The van der Waals surface area contributed by atoms with Crippen LogP contribution in [0.3, 0.4) is 0 Å². The van der Waals surface area contributed by atoms with E-state index >= 15 is 0 Å². The third kappa shape index (κ3) is 7.72. The molecule has 0 radical (unpaired) electrons. The van der Waals surface area contributed by atoms with Crippen molar-refractivity contribution in [3.63, 3.8) is 0 Å². The second-order valence-corrected chi connectivity index (χ2v) is 9.80. The Morgan fingerprint density at radius 1 is 1.03 bits per heavy atom. The van der Waals surface area contributed by atoms with E-state index in [0.717, 1.165) is 32.5 Å². The number of hydrogen-bond acceptors (Lipinski definition) is 4. The van der Waals surface area contributed by atoms with E-state index in [1.165, 1.54) is 25.7 Å². The molecule has 1 saturated heterocycles. The van der Waals surface area contributed by atoms with Gasteiger partial charge in [-0.15, -0.1) is 0 Å². The molecule has 2 saturated carbocycles. The predicted octanol–water partition coefficient (Wildman–Crippen LogP) is 4.15. The lowest BCUT2D eigenvalue weighted by molar-refractivity contribution is -0.132. The summed E-state index contributed by atoms with van der Waals surface area (Å²) in [5.41, 5.74) is 0. The monoisotopic (exact) mass is 430 g/mol. The first-order valence-electron chi connectivity index (χ1n) is 11.9. The number of halogens is 2. The van der Waals surface area contributed by atoms with Gasteiger partial charge in [-0.2, -0.15) is 0 Å². The van der Waals surface area contributed by atoms with Crippen LogP contribution in [0.25, 0.3) is 0 Å². The van der Waals surface area contributed by atoms with Gasteiger partial charge >= 0.3 is 0 Å². The molecule has 30 heavy (non-hydrogen) atoms. The first kappa shape index (κ1) is 23.9. The highest BCUT2D eigenvalue weighted by Gasteiger charge is 2.35. The molecule has 2 aliphatic carbocycles. The van der Waals surface area contributed by atoms with Crippen molar-refractivity contribution in [1.29, 1.82) is 0 Å². The highest BCUT2D eigenvalue weighted by molar-refractivity contribution is 5.77. The van der Waals surface area contributed by atoms with Crippen molar-refractivity contribution in [3.8, 4) is 0 Å². The average molecular weight is 431 g/mol. The Balaban J connectivity index is 1.27.